The second-order valence-corrected chi connectivity index (χ2v) is 6.62. The van der Waals surface area contributed by atoms with Crippen molar-refractivity contribution in [3.8, 4) is 29.1 Å². The molecule has 0 fully saturated rings. The fourth-order valence-corrected chi connectivity index (χ4v) is 2.77. The summed E-state index contributed by atoms with van der Waals surface area (Å²) in [5.41, 5.74) is 1.37. The van der Waals surface area contributed by atoms with Crippen LogP contribution in [0.2, 0.25) is 0 Å². The average molecular weight is 468 g/mol. The first kappa shape index (κ1) is 18.8. The minimum Gasteiger partial charge on any atom is -0.504 e. The van der Waals surface area contributed by atoms with Crippen molar-refractivity contribution in [1.29, 1.82) is 5.26 Å². The Hall–Kier alpha value is -2.51. The maximum absolute atomic E-state index is 9.65. The Labute approximate surface area is 162 Å². The number of nitrogens with one attached hydrogen (secondary N) is 1. The standard InChI is InChI=1S/C17H13IN2O4S/c18-12-4-10(6-15(23)16(12)24)3-11(7-19)17(25)20-8-9-1-2-13(21)14(22)5-9/h1-6,21-24H,8H2,(H,20,25)/b11-3+. The summed E-state index contributed by atoms with van der Waals surface area (Å²) in [6.07, 6.45) is 1.49. The fourth-order valence-electron chi connectivity index (χ4n) is 1.96. The lowest BCUT2D eigenvalue weighted by molar-refractivity contribution is 0.401. The molecular weight excluding hydrogens is 455 g/mol. The normalized spacial score (nSPS) is 11.0. The van der Waals surface area contributed by atoms with Crippen LogP contribution < -0.4 is 5.32 Å². The van der Waals surface area contributed by atoms with Crippen LogP contribution in [0.5, 0.6) is 23.0 Å². The summed E-state index contributed by atoms with van der Waals surface area (Å²) in [7, 11) is 0. The predicted molar refractivity (Wildman–Crippen MR) is 105 cm³/mol. The fraction of sp³-hybridized carbons (Fsp3) is 0.0588. The molecule has 0 bridgehead atoms. The largest absolute Gasteiger partial charge is 0.504 e. The van der Waals surface area contributed by atoms with E-state index in [1.807, 2.05) is 28.7 Å². The van der Waals surface area contributed by atoms with E-state index in [2.05, 4.69) is 5.32 Å². The number of nitrogens with zero attached hydrogens (tertiary/aromatic N) is 1. The van der Waals surface area contributed by atoms with Crippen LogP contribution in [-0.2, 0) is 6.54 Å². The molecule has 2 rings (SSSR count). The average Bonchev–Trinajstić information content (AvgIpc) is 2.58. The molecule has 0 unspecified atom stereocenters. The second kappa shape index (κ2) is 8.04. The van der Waals surface area contributed by atoms with Crippen molar-refractivity contribution in [1.82, 2.24) is 5.32 Å². The number of phenolic OH excluding ortho intramolecular Hbond substituents is 4. The Bertz CT molecular complexity index is 883. The number of phenols is 4. The zero-order chi connectivity index (χ0) is 18.6. The minimum absolute atomic E-state index is 0.180. The molecule has 6 nitrogen and oxygen atoms in total. The smallest absolute Gasteiger partial charge is 0.171 e. The second-order valence-electron chi connectivity index (χ2n) is 5.05. The Balaban J connectivity index is 2.15. The predicted octanol–water partition coefficient (Wildman–Crippen LogP) is 3.14. The van der Waals surface area contributed by atoms with Crippen molar-refractivity contribution >= 4 is 45.9 Å². The van der Waals surface area contributed by atoms with Crippen molar-refractivity contribution in [3.63, 3.8) is 0 Å². The van der Waals surface area contributed by atoms with E-state index in [1.165, 1.54) is 24.3 Å². The quantitative estimate of drug-likeness (QED) is 0.154. The van der Waals surface area contributed by atoms with Gasteiger partial charge in [0.2, 0.25) is 0 Å². The van der Waals surface area contributed by atoms with Crippen LogP contribution in [0.3, 0.4) is 0 Å². The van der Waals surface area contributed by atoms with Crippen molar-refractivity contribution in [2.24, 2.45) is 0 Å². The van der Waals surface area contributed by atoms with E-state index in [1.54, 1.807) is 12.1 Å². The summed E-state index contributed by atoms with van der Waals surface area (Å²) in [5, 5.41) is 50.2. The van der Waals surface area contributed by atoms with Gasteiger partial charge in [0.15, 0.2) is 23.0 Å². The summed E-state index contributed by atoms with van der Waals surface area (Å²) < 4.78 is 0.444. The molecule has 0 amide bonds. The summed E-state index contributed by atoms with van der Waals surface area (Å²) in [6, 6.07) is 9.28. The molecule has 0 atom stereocenters. The highest BCUT2D eigenvalue weighted by molar-refractivity contribution is 14.1. The number of halogens is 1. The van der Waals surface area contributed by atoms with Crippen molar-refractivity contribution in [3.05, 3.63) is 50.6 Å². The molecule has 0 aliphatic carbocycles. The van der Waals surface area contributed by atoms with Gasteiger partial charge in [0.05, 0.1) is 9.14 Å². The molecule has 0 radical (unpaired) electrons. The molecule has 128 valence electrons. The van der Waals surface area contributed by atoms with Gasteiger partial charge in [0.1, 0.15) is 11.1 Å². The zero-order valence-corrected chi connectivity index (χ0v) is 15.7. The number of thiocarbonyl (C=S) groups is 1. The molecule has 0 aliphatic rings. The van der Waals surface area contributed by atoms with E-state index in [-0.39, 0.29) is 40.1 Å². The van der Waals surface area contributed by atoms with Gasteiger partial charge in [0.25, 0.3) is 0 Å². The van der Waals surface area contributed by atoms with Gasteiger partial charge in [-0.2, -0.15) is 5.26 Å². The topological polar surface area (TPSA) is 117 Å². The summed E-state index contributed by atoms with van der Waals surface area (Å²) in [6.45, 7) is 0.254. The molecule has 25 heavy (non-hydrogen) atoms. The number of benzene rings is 2. The highest BCUT2D eigenvalue weighted by Gasteiger charge is 2.09. The molecule has 0 saturated carbocycles. The number of hydrogen-bond acceptors (Lipinski definition) is 6. The van der Waals surface area contributed by atoms with Crippen molar-refractivity contribution in [2.45, 2.75) is 6.54 Å². The van der Waals surface area contributed by atoms with E-state index in [9.17, 15) is 25.7 Å². The molecule has 0 aliphatic heterocycles. The number of rotatable bonds is 4. The third kappa shape index (κ3) is 4.74. The molecule has 5 N–H and O–H groups in total. The molecule has 0 saturated heterocycles. The van der Waals surface area contributed by atoms with Crippen LogP contribution in [0.4, 0.5) is 0 Å². The Morgan fingerprint density at radius 3 is 2.44 bits per heavy atom. The van der Waals surface area contributed by atoms with Gasteiger partial charge in [-0.1, -0.05) is 18.3 Å². The monoisotopic (exact) mass is 468 g/mol. The van der Waals surface area contributed by atoms with Gasteiger partial charge in [-0.3, -0.25) is 0 Å². The van der Waals surface area contributed by atoms with Gasteiger partial charge >= 0.3 is 0 Å². The minimum atomic E-state index is -0.283. The Morgan fingerprint density at radius 1 is 1.12 bits per heavy atom. The first-order valence-electron chi connectivity index (χ1n) is 6.94. The molecule has 2 aromatic rings. The maximum Gasteiger partial charge on any atom is 0.171 e. The Kier molecular flexibility index (Phi) is 6.06. The number of nitriles is 1. The van der Waals surface area contributed by atoms with Crippen LogP contribution in [0.1, 0.15) is 11.1 Å². The summed E-state index contributed by atoms with van der Waals surface area (Å²) in [5.74, 6) is -0.959. The van der Waals surface area contributed by atoms with Gasteiger partial charge in [0, 0.05) is 6.54 Å². The lowest BCUT2D eigenvalue weighted by atomic mass is 10.1. The third-order valence-corrected chi connectivity index (χ3v) is 4.42. The molecular formula is C17H13IN2O4S. The highest BCUT2D eigenvalue weighted by Crippen LogP contribution is 2.32. The molecule has 8 heteroatoms. The van der Waals surface area contributed by atoms with Crippen LogP contribution in [0.15, 0.2) is 35.9 Å². The number of aromatic hydroxyl groups is 4. The first-order valence-corrected chi connectivity index (χ1v) is 8.43. The van der Waals surface area contributed by atoms with E-state index >= 15 is 0 Å². The lowest BCUT2D eigenvalue weighted by Gasteiger charge is -2.09. The van der Waals surface area contributed by atoms with Gasteiger partial charge in [-0.05, 0) is 64.1 Å². The number of hydrogen-bond donors (Lipinski definition) is 5. The van der Waals surface area contributed by atoms with Crippen LogP contribution in [-0.4, -0.2) is 25.4 Å². The van der Waals surface area contributed by atoms with E-state index in [4.69, 9.17) is 12.2 Å². The van der Waals surface area contributed by atoms with Crippen LogP contribution >= 0.6 is 34.8 Å². The summed E-state index contributed by atoms with van der Waals surface area (Å²) >= 11 is 7.06. The van der Waals surface area contributed by atoms with Crippen LogP contribution in [0.25, 0.3) is 6.08 Å². The van der Waals surface area contributed by atoms with Crippen molar-refractivity contribution in [2.75, 3.05) is 0 Å². The van der Waals surface area contributed by atoms with Gasteiger partial charge < -0.3 is 25.7 Å². The lowest BCUT2D eigenvalue weighted by Crippen LogP contribution is -2.22. The van der Waals surface area contributed by atoms with E-state index in [0.717, 1.165) is 0 Å². The van der Waals surface area contributed by atoms with Gasteiger partial charge in [-0.15, -0.1) is 0 Å². The zero-order valence-electron chi connectivity index (χ0n) is 12.7. The van der Waals surface area contributed by atoms with E-state index < -0.39 is 0 Å². The molecule has 0 spiro atoms. The SMILES string of the molecule is N#C/C(=C\c1cc(O)c(O)c(I)c1)C(=S)NCc1ccc(O)c(O)c1. The highest BCUT2D eigenvalue weighted by atomic mass is 127. The molecule has 0 heterocycles. The maximum atomic E-state index is 9.65. The summed E-state index contributed by atoms with van der Waals surface area (Å²) in [4.78, 5) is 0.192. The van der Waals surface area contributed by atoms with Crippen LogP contribution in [0, 0.1) is 14.9 Å². The van der Waals surface area contributed by atoms with E-state index in [0.29, 0.717) is 14.7 Å². The Morgan fingerprint density at radius 2 is 1.84 bits per heavy atom. The first-order chi connectivity index (χ1) is 11.8. The molecule has 0 aromatic heterocycles. The van der Waals surface area contributed by atoms with Crippen molar-refractivity contribution < 1.29 is 20.4 Å². The third-order valence-electron chi connectivity index (χ3n) is 3.23. The molecule has 2 aromatic carbocycles. The van der Waals surface area contributed by atoms with Gasteiger partial charge in [-0.25, -0.2) is 0 Å².